The van der Waals surface area contributed by atoms with Gasteiger partial charge in [0.15, 0.2) is 5.82 Å². The number of hydrogen-bond acceptors (Lipinski definition) is 4. The maximum atomic E-state index is 8.54. The molecule has 6 heteroatoms. The number of nitrogens with two attached hydrogens (primary N) is 1. The van der Waals surface area contributed by atoms with Crippen LogP contribution in [0.4, 0.5) is 5.69 Å². The van der Waals surface area contributed by atoms with Crippen LogP contribution in [0.1, 0.15) is 18.3 Å². The zero-order valence-corrected chi connectivity index (χ0v) is 12.8. The molecular weight excluding hydrogens is 288 g/mol. The van der Waals surface area contributed by atoms with Crippen molar-refractivity contribution in [1.82, 2.24) is 14.3 Å². The Balaban J connectivity index is 1.89. The molecule has 0 bridgehead atoms. The normalized spacial score (nSPS) is 18.9. The van der Waals surface area contributed by atoms with E-state index in [9.17, 15) is 0 Å². The van der Waals surface area contributed by atoms with E-state index in [1.54, 1.807) is 4.68 Å². The van der Waals surface area contributed by atoms with Gasteiger partial charge in [0.1, 0.15) is 5.66 Å². The molecule has 0 saturated heterocycles. The van der Waals surface area contributed by atoms with Crippen LogP contribution in [-0.2, 0) is 12.2 Å². The fourth-order valence-corrected chi connectivity index (χ4v) is 2.96. The summed E-state index contributed by atoms with van der Waals surface area (Å²) in [5, 5.41) is 16.4. The Kier molecular flexibility index (Phi) is 2.89. The third-order valence-electron chi connectivity index (χ3n) is 4.06. The average Bonchev–Trinajstić information content (AvgIpc) is 2.87. The second-order valence-corrected chi connectivity index (χ2v) is 5.97. The number of anilines is 1. The van der Waals surface area contributed by atoms with Crippen LogP contribution in [0.3, 0.4) is 0 Å². The Morgan fingerprint density at radius 1 is 1.13 bits per heavy atom. The van der Waals surface area contributed by atoms with Gasteiger partial charge in [-0.15, -0.1) is 0 Å². The molecule has 2 aromatic carbocycles. The first-order chi connectivity index (χ1) is 11.1. The number of nitrogens with one attached hydrogen (secondary N) is 2. The molecular formula is C17H18N6. The Labute approximate surface area is 133 Å². The van der Waals surface area contributed by atoms with Gasteiger partial charge in [-0.2, -0.15) is 5.10 Å². The highest BCUT2D eigenvalue weighted by Gasteiger charge is 2.34. The van der Waals surface area contributed by atoms with Gasteiger partial charge in [-0.1, -0.05) is 42.5 Å². The molecule has 1 atom stereocenters. The molecule has 116 valence electrons. The van der Waals surface area contributed by atoms with Crippen molar-refractivity contribution in [2.24, 2.45) is 5.73 Å². The molecule has 1 aliphatic rings. The molecule has 1 aromatic heterocycles. The number of nitrogens with zero attached hydrogens (tertiary/aromatic N) is 3. The standard InChI is InChI=1S/C17H18N6/c1-17(19)15-21-22(11-12-7-3-2-4-8-12)16(18)23(15)14-10-6-5-9-13(14)20-17/h2-10,18,20H,11,19H2,1H3. The molecule has 23 heavy (non-hydrogen) atoms. The van der Waals surface area contributed by atoms with Crippen molar-refractivity contribution in [3.05, 3.63) is 71.6 Å². The van der Waals surface area contributed by atoms with Gasteiger partial charge in [0.05, 0.1) is 17.9 Å². The first-order valence-electron chi connectivity index (χ1n) is 7.51. The first kappa shape index (κ1) is 13.8. The van der Waals surface area contributed by atoms with Gasteiger partial charge in [0.25, 0.3) is 0 Å². The predicted octanol–water partition coefficient (Wildman–Crippen LogP) is 1.76. The fourth-order valence-electron chi connectivity index (χ4n) is 2.96. The van der Waals surface area contributed by atoms with Crippen LogP contribution >= 0.6 is 0 Å². The van der Waals surface area contributed by atoms with Crippen molar-refractivity contribution >= 4 is 5.69 Å². The third-order valence-corrected chi connectivity index (χ3v) is 4.06. The highest BCUT2D eigenvalue weighted by molar-refractivity contribution is 5.65. The van der Waals surface area contributed by atoms with Crippen molar-refractivity contribution in [3.63, 3.8) is 0 Å². The molecule has 0 amide bonds. The lowest BCUT2D eigenvalue weighted by Gasteiger charge is -2.32. The number of aromatic nitrogens is 3. The van der Waals surface area contributed by atoms with E-state index in [0.29, 0.717) is 18.0 Å². The summed E-state index contributed by atoms with van der Waals surface area (Å²) in [5.74, 6) is 0.636. The Morgan fingerprint density at radius 2 is 1.83 bits per heavy atom. The molecule has 2 heterocycles. The van der Waals surface area contributed by atoms with E-state index in [0.717, 1.165) is 16.9 Å². The molecule has 1 aliphatic heterocycles. The first-order valence-corrected chi connectivity index (χ1v) is 7.51. The highest BCUT2D eigenvalue weighted by Crippen LogP contribution is 2.31. The van der Waals surface area contributed by atoms with Crippen LogP contribution in [0.5, 0.6) is 0 Å². The SMILES string of the molecule is CC1(N)Nc2ccccc2-n2c1nn(Cc1ccccc1)c2=N. The zero-order chi connectivity index (χ0) is 16.0. The van der Waals surface area contributed by atoms with E-state index in [1.165, 1.54) is 0 Å². The van der Waals surface area contributed by atoms with E-state index < -0.39 is 5.66 Å². The lowest BCUT2D eigenvalue weighted by Crippen LogP contribution is -2.47. The Bertz CT molecular complexity index is 920. The minimum Gasteiger partial charge on any atom is -0.360 e. The van der Waals surface area contributed by atoms with Crippen molar-refractivity contribution in [3.8, 4) is 5.69 Å². The molecule has 3 aromatic rings. The predicted molar refractivity (Wildman–Crippen MR) is 88.1 cm³/mol. The van der Waals surface area contributed by atoms with Gasteiger partial charge in [-0.3, -0.25) is 9.98 Å². The van der Waals surface area contributed by atoms with Crippen molar-refractivity contribution in [2.75, 3.05) is 5.32 Å². The molecule has 6 nitrogen and oxygen atoms in total. The molecule has 4 N–H and O–H groups in total. The molecule has 0 radical (unpaired) electrons. The highest BCUT2D eigenvalue weighted by atomic mass is 15.4. The van der Waals surface area contributed by atoms with Gasteiger partial charge < -0.3 is 11.1 Å². The van der Waals surface area contributed by atoms with Gasteiger partial charge in [0.2, 0.25) is 5.62 Å². The minimum atomic E-state index is -0.827. The summed E-state index contributed by atoms with van der Waals surface area (Å²) < 4.78 is 3.49. The molecule has 1 unspecified atom stereocenters. The van der Waals surface area contributed by atoms with Crippen LogP contribution in [0.15, 0.2) is 54.6 Å². The third kappa shape index (κ3) is 2.15. The molecule has 0 saturated carbocycles. The quantitative estimate of drug-likeness (QED) is 0.674. The van der Waals surface area contributed by atoms with Crippen LogP contribution in [0.25, 0.3) is 5.69 Å². The number of fused-ring (bicyclic) bond motifs is 3. The van der Waals surface area contributed by atoms with E-state index in [-0.39, 0.29) is 0 Å². The second-order valence-electron chi connectivity index (χ2n) is 5.97. The fraction of sp³-hybridized carbons (Fsp3) is 0.176. The summed E-state index contributed by atoms with van der Waals surface area (Å²) >= 11 is 0. The lowest BCUT2D eigenvalue weighted by molar-refractivity contribution is 0.500. The van der Waals surface area contributed by atoms with E-state index in [4.69, 9.17) is 11.1 Å². The molecule has 4 rings (SSSR count). The topological polar surface area (TPSA) is 84.7 Å². The minimum absolute atomic E-state index is 0.314. The number of hydrogen-bond donors (Lipinski definition) is 3. The Morgan fingerprint density at radius 3 is 2.61 bits per heavy atom. The second kappa shape index (κ2) is 4.82. The maximum absolute atomic E-state index is 8.54. The van der Waals surface area contributed by atoms with Crippen LogP contribution < -0.4 is 16.7 Å². The van der Waals surface area contributed by atoms with E-state index in [2.05, 4.69) is 10.4 Å². The molecule has 0 spiro atoms. The summed E-state index contributed by atoms with van der Waals surface area (Å²) in [6.45, 7) is 2.41. The molecule has 0 fully saturated rings. The number of rotatable bonds is 2. The van der Waals surface area contributed by atoms with E-state index >= 15 is 0 Å². The summed E-state index contributed by atoms with van der Waals surface area (Å²) in [5.41, 5.74) is 8.78. The smallest absolute Gasteiger partial charge is 0.225 e. The summed E-state index contributed by atoms with van der Waals surface area (Å²) in [6.07, 6.45) is 0. The lowest BCUT2D eigenvalue weighted by atomic mass is 10.1. The monoisotopic (exact) mass is 306 g/mol. The van der Waals surface area contributed by atoms with E-state index in [1.807, 2.05) is 66.1 Å². The number of benzene rings is 2. The Hall–Kier alpha value is -2.86. The van der Waals surface area contributed by atoms with Crippen molar-refractivity contribution in [1.29, 1.82) is 5.41 Å². The number of para-hydroxylation sites is 2. The maximum Gasteiger partial charge on any atom is 0.225 e. The van der Waals surface area contributed by atoms with Crippen molar-refractivity contribution in [2.45, 2.75) is 19.1 Å². The average molecular weight is 306 g/mol. The summed E-state index contributed by atoms with van der Waals surface area (Å²) in [6, 6.07) is 17.8. The van der Waals surface area contributed by atoms with Crippen LogP contribution in [0, 0.1) is 5.41 Å². The van der Waals surface area contributed by atoms with Gasteiger partial charge in [0, 0.05) is 0 Å². The summed E-state index contributed by atoms with van der Waals surface area (Å²) in [7, 11) is 0. The van der Waals surface area contributed by atoms with Gasteiger partial charge >= 0.3 is 0 Å². The van der Waals surface area contributed by atoms with Crippen molar-refractivity contribution < 1.29 is 0 Å². The summed E-state index contributed by atoms with van der Waals surface area (Å²) in [4.78, 5) is 0. The van der Waals surface area contributed by atoms with Gasteiger partial charge in [-0.25, -0.2) is 4.68 Å². The molecule has 0 aliphatic carbocycles. The zero-order valence-electron chi connectivity index (χ0n) is 12.8. The largest absolute Gasteiger partial charge is 0.360 e. The van der Waals surface area contributed by atoms with Gasteiger partial charge in [-0.05, 0) is 24.6 Å². The van der Waals surface area contributed by atoms with Crippen LogP contribution in [-0.4, -0.2) is 14.3 Å². The van der Waals surface area contributed by atoms with Crippen LogP contribution in [0.2, 0.25) is 0 Å².